The van der Waals surface area contributed by atoms with E-state index in [1.165, 1.54) is 37.0 Å². The molecule has 0 saturated carbocycles. The monoisotopic (exact) mass is 468 g/mol. The third kappa shape index (κ3) is 22.9. The second-order valence-electron chi connectivity index (χ2n) is 4.72. The molecular weight excluding hydrogens is 432 g/mol. The fourth-order valence-corrected chi connectivity index (χ4v) is 4.50. The molecule has 1 rings (SSSR count). The minimum atomic E-state index is 0.446. The molecule has 0 bridgehead atoms. The molecule has 0 aromatic heterocycles. The molecule has 140 valence electrons. The van der Waals surface area contributed by atoms with Gasteiger partial charge in [0, 0.05) is 0 Å². The minimum absolute atomic E-state index is 0.446. The molecule has 0 saturated heterocycles. The Labute approximate surface area is 164 Å². The Hall–Kier alpha value is 0.902. The van der Waals surface area contributed by atoms with Crippen LogP contribution in [0.3, 0.4) is 0 Å². The van der Waals surface area contributed by atoms with E-state index in [1.807, 2.05) is 30.3 Å². The molecule has 0 aliphatic carbocycles. The van der Waals surface area contributed by atoms with E-state index < -0.39 is 0 Å². The van der Waals surface area contributed by atoms with Crippen LogP contribution in [0.2, 0.25) is 0 Å². The van der Waals surface area contributed by atoms with Crippen LogP contribution < -0.4 is 0 Å². The summed E-state index contributed by atoms with van der Waals surface area (Å²) in [5.74, 6) is 0. The van der Waals surface area contributed by atoms with Crippen LogP contribution in [0.4, 0.5) is 0 Å². The van der Waals surface area contributed by atoms with Crippen molar-refractivity contribution >= 4 is 25.4 Å². The summed E-state index contributed by atoms with van der Waals surface area (Å²) >= 11 is 2.22. The van der Waals surface area contributed by atoms with Gasteiger partial charge in [-0.3, -0.25) is 0 Å². The first-order valence-electron chi connectivity index (χ1n) is 8.52. The fourth-order valence-electron chi connectivity index (χ4n) is 1.82. The molecule has 1 aromatic carbocycles. The summed E-state index contributed by atoms with van der Waals surface area (Å²) in [7, 11) is 5.38. The van der Waals surface area contributed by atoms with E-state index in [0.29, 0.717) is 15.8 Å². The number of hydrogen-bond donors (Lipinski definition) is 0. The maximum absolute atomic E-state index is 4.49. The Morgan fingerprint density at radius 2 is 0.957 bits per heavy atom. The van der Waals surface area contributed by atoms with Gasteiger partial charge in [-0.25, -0.2) is 0 Å². The van der Waals surface area contributed by atoms with E-state index in [-0.39, 0.29) is 0 Å². The van der Waals surface area contributed by atoms with Gasteiger partial charge in [0.1, 0.15) is 0 Å². The molecule has 0 spiro atoms. The Morgan fingerprint density at radius 3 is 1.04 bits per heavy atom. The van der Waals surface area contributed by atoms with Crippen LogP contribution in [0.1, 0.15) is 47.1 Å². The van der Waals surface area contributed by atoms with Crippen LogP contribution in [0.5, 0.6) is 0 Å². The molecule has 0 atom stereocenters. The maximum atomic E-state index is 4.49. The van der Waals surface area contributed by atoms with Gasteiger partial charge in [0.25, 0.3) is 0 Å². The first kappa shape index (κ1) is 28.7. The molecule has 0 aliphatic heterocycles. The standard InChI is InChI=1S/C7H7.2C6H15P.ClH.Pd/c1-7-5-3-2-4-6-7;2*1-4-7(5-2)6-3;;/h2-6H,1H2;2*4-6H2,1-3H3;1H;/q-1;;;;+2/p-1. The van der Waals surface area contributed by atoms with Crippen molar-refractivity contribution in [1.29, 1.82) is 0 Å². The summed E-state index contributed by atoms with van der Waals surface area (Å²) < 4.78 is 0. The first-order chi connectivity index (χ1) is 11.1. The van der Waals surface area contributed by atoms with Gasteiger partial charge < -0.3 is 0 Å². The van der Waals surface area contributed by atoms with Crippen LogP contribution in [0.25, 0.3) is 0 Å². The van der Waals surface area contributed by atoms with Crippen molar-refractivity contribution in [3.63, 3.8) is 0 Å². The number of halogens is 1. The Bertz CT molecular complexity index is 266. The Kier molecular flexibility index (Phi) is 31.4. The van der Waals surface area contributed by atoms with Crippen LogP contribution in [-0.2, 0) is 18.2 Å². The molecule has 0 nitrogen and oxygen atoms in total. The van der Waals surface area contributed by atoms with Crippen molar-refractivity contribution in [1.82, 2.24) is 0 Å². The predicted octanol–water partition coefficient (Wildman–Crippen LogP) is 7.61. The van der Waals surface area contributed by atoms with Gasteiger partial charge in [0.05, 0.1) is 0 Å². The Morgan fingerprint density at radius 1 is 0.696 bits per heavy atom. The summed E-state index contributed by atoms with van der Waals surface area (Å²) in [6.07, 6.45) is 8.51. The zero-order valence-electron chi connectivity index (χ0n) is 15.9. The van der Waals surface area contributed by atoms with Gasteiger partial charge in [-0.05, 0) is 37.0 Å². The average Bonchev–Trinajstić information content (AvgIpc) is 2.62. The number of rotatable bonds is 6. The van der Waals surface area contributed by atoms with Crippen LogP contribution in [0, 0.1) is 6.92 Å². The molecule has 0 N–H and O–H groups in total. The van der Waals surface area contributed by atoms with Gasteiger partial charge in [0.15, 0.2) is 0 Å². The molecule has 23 heavy (non-hydrogen) atoms. The number of hydrogen-bond acceptors (Lipinski definition) is 0. The Balaban J connectivity index is -0.000000247. The first-order valence-corrected chi connectivity index (χ1v) is 14.3. The second-order valence-corrected chi connectivity index (χ2v) is 11.2. The topological polar surface area (TPSA) is 0 Å². The molecule has 1 aromatic rings. The molecule has 4 heteroatoms. The molecule has 0 unspecified atom stereocenters. The van der Waals surface area contributed by atoms with E-state index >= 15 is 0 Å². The molecule has 0 aliphatic rings. The van der Waals surface area contributed by atoms with Crippen LogP contribution >= 0.6 is 25.4 Å². The van der Waals surface area contributed by atoms with E-state index in [9.17, 15) is 0 Å². The number of benzene rings is 1. The van der Waals surface area contributed by atoms with Crippen molar-refractivity contribution < 1.29 is 18.2 Å². The van der Waals surface area contributed by atoms with Crippen molar-refractivity contribution in [2.75, 3.05) is 37.0 Å². The van der Waals surface area contributed by atoms with E-state index in [2.05, 4.69) is 76.2 Å². The van der Waals surface area contributed by atoms with Crippen molar-refractivity contribution in [2.45, 2.75) is 41.5 Å². The van der Waals surface area contributed by atoms with Crippen molar-refractivity contribution in [2.24, 2.45) is 0 Å². The van der Waals surface area contributed by atoms with E-state index in [4.69, 9.17) is 0 Å². The summed E-state index contributed by atoms with van der Waals surface area (Å²) in [5.41, 5.74) is 1.07. The van der Waals surface area contributed by atoms with Gasteiger partial charge in [-0.15, -0.1) is 28.0 Å². The third-order valence-electron chi connectivity index (χ3n) is 3.53. The van der Waals surface area contributed by atoms with Gasteiger partial charge >= 0.3 is 27.7 Å². The summed E-state index contributed by atoms with van der Waals surface area (Å²) in [6.45, 7) is 17.5. The second kappa shape index (κ2) is 25.1. The zero-order chi connectivity index (χ0) is 18.5. The summed E-state index contributed by atoms with van der Waals surface area (Å²) in [5, 5.41) is 0. The quantitative estimate of drug-likeness (QED) is 0.229. The summed E-state index contributed by atoms with van der Waals surface area (Å²) in [6, 6.07) is 9.87. The average molecular weight is 469 g/mol. The normalized spacial score (nSPS) is 9.17. The van der Waals surface area contributed by atoms with Gasteiger partial charge in [-0.1, -0.05) is 47.6 Å². The summed E-state index contributed by atoms with van der Waals surface area (Å²) in [4.78, 5) is 0. The fraction of sp³-hybridized carbons (Fsp3) is 0.632. The van der Waals surface area contributed by atoms with Crippen LogP contribution in [-0.4, -0.2) is 37.0 Å². The predicted molar refractivity (Wildman–Crippen MR) is 114 cm³/mol. The third-order valence-corrected chi connectivity index (χ3v) is 8.89. The molecule has 0 amide bonds. The van der Waals surface area contributed by atoms with Gasteiger partial charge in [-0.2, -0.15) is 24.6 Å². The van der Waals surface area contributed by atoms with Gasteiger partial charge in [0.2, 0.25) is 0 Å². The zero-order valence-corrected chi connectivity index (χ0v) is 20.0. The van der Waals surface area contributed by atoms with Crippen molar-refractivity contribution in [3.8, 4) is 0 Å². The van der Waals surface area contributed by atoms with Crippen molar-refractivity contribution in [3.05, 3.63) is 42.8 Å². The van der Waals surface area contributed by atoms with E-state index in [0.717, 1.165) is 5.56 Å². The van der Waals surface area contributed by atoms with E-state index in [1.54, 1.807) is 0 Å². The van der Waals surface area contributed by atoms with Crippen LogP contribution in [0.15, 0.2) is 30.3 Å². The molecule has 0 heterocycles. The molecular formula is C19H37ClP2Pd. The molecule has 0 radical (unpaired) electrons. The molecule has 0 fully saturated rings. The SMILES string of the molecule is CCP(CC)CC.CCP(CC)CC.[CH2-]c1ccccc1.[Cl][Pd+].